The van der Waals surface area contributed by atoms with Crippen LogP contribution in [0, 0.1) is 0 Å². The number of nitrogens with zero attached hydrogens (tertiary/aromatic N) is 4. The Morgan fingerprint density at radius 2 is 1.92 bits per heavy atom. The van der Waals surface area contributed by atoms with E-state index in [0.717, 1.165) is 41.4 Å². The molecule has 1 aliphatic carbocycles. The Balaban J connectivity index is 1.86. The number of likely N-dealkylation sites (N-methyl/N-ethyl adjacent to an activating group) is 1. The number of hydrogen-bond acceptors (Lipinski definition) is 5. The molecule has 0 aliphatic heterocycles. The van der Waals surface area contributed by atoms with E-state index in [9.17, 15) is 0 Å². The first kappa shape index (κ1) is 15.3. The maximum atomic E-state index is 4.85. The summed E-state index contributed by atoms with van der Waals surface area (Å²) in [4.78, 5) is 4.85. The molecule has 0 bridgehead atoms. The lowest BCUT2D eigenvalue weighted by atomic mass is 9.89. The Kier molecular flexibility index (Phi) is 4.30. The second kappa shape index (κ2) is 6.73. The van der Waals surface area contributed by atoms with Crippen molar-refractivity contribution in [1.82, 2.24) is 24.9 Å². The lowest BCUT2D eigenvalue weighted by molar-refractivity contribution is 0.426. The van der Waals surface area contributed by atoms with Gasteiger partial charge in [0.15, 0.2) is 5.65 Å². The predicted octanol–water partition coefficient (Wildman–Crippen LogP) is 2.96. The minimum atomic E-state index is 0.488. The van der Waals surface area contributed by atoms with Gasteiger partial charge in [0, 0.05) is 24.4 Å². The van der Waals surface area contributed by atoms with Gasteiger partial charge in [0.1, 0.15) is 5.82 Å². The third-order valence-electron chi connectivity index (χ3n) is 4.90. The molecule has 0 unspecified atom stereocenters. The highest BCUT2D eigenvalue weighted by atomic mass is 15.3. The molecule has 1 aromatic carbocycles. The first-order chi connectivity index (χ1) is 11.9. The van der Waals surface area contributed by atoms with Crippen molar-refractivity contribution in [3.05, 3.63) is 30.1 Å². The fourth-order valence-electron chi connectivity index (χ4n) is 3.65. The molecule has 2 aromatic heterocycles. The molecule has 2 N–H and O–H groups in total. The molecular weight excluding hydrogens is 300 g/mol. The van der Waals surface area contributed by atoms with Gasteiger partial charge in [-0.2, -0.15) is 0 Å². The van der Waals surface area contributed by atoms with Crippen LogP contribution in [0.2, 0.25) is 0 Å². The summed E-state index contributed by atoms with van der Waals surface area (Å²) in [7, 11) is 1.96. The summed E-state index contributed by atoms with van der Waals surface area (Å²) in [5, 5.41) is 16.8. The first-order valence-electron chi connectivity index (χ1n) is 8.90. The van der Waals surface area contributed by atoms with Crippen molar-refractivity contribution in [3.63, 3.8) is 0 Å². The molecule has 0 atom stereocenters. The molecule has 3 aromatic rings. The summed E-state index contributed by atoms with van der Waals surface area (Å²) in [5.74, 6) is 2.40. The van der Waals surface area contributed by atoms with E-state index in [-0.39, 0.29) is 0 Å². The smallest absolute Gasteiger partial charge is 0.210 e. The molecule has 0 amide bonds. The van der Waals surface area contributed by atoms with E-state index in [1.54, 1.807) is 0 Å². The maximum Gasteiger partial charge on any atom is 0.210 e. The fraction of sp³-hybridized carbons (Fsp3) is 0.500. The molecule has 24 heavy (non-hydrogen) atoms. The van der Waals surface area contributed by atoms with E-state index in [1.807, 2.05) is 25.2 Å². The normalized spacial score (nSPS) is 16.0. The van der Waals surface area contributed by atoms with Gasteiger partial charge in [-0.3, -0.25) is 0 Å². The van der Waals surface area contributed by atoms with E-state index in [2.05, 4.69) is 31.3 Å². The predicted molar refractivity (Wildman–Crippen MR) is 96.5 cm³/mol. The van der Waals surface area contributed by atoms with Crippen LogP contribution in [0.15, 0.2) is 24.3 Å². The lowest BCUT2D eigenvalue weighted by Gasteiger charge is -2.21. The Morgan fingerprint density at radius 1 is 1.08 bits per heavy atom. The SMILES string of the molecule is CNCCNc1nc2ccccc2c2nnc(C3CCCCC3)n12. The molecule has 0 saturated heterocycles. The zero-order valence-corrected chi connectivity index (χ0v) is 14.1. The van der Waals surface area contributed by atoms with Gasteiger partial charge in [-0.05, 0) is 32.0 Å². The number of fused-ring (bicyclic) bond motifs is 3. The molecule has 1 fully saturated rings. The van der Waals surface area contributed by atoms with Crippen LogP contribution in [0.1, 0.15) is 43.8 Å². The van der Waals surface area contributed by atoms with Crippen LogP contribution in [0.25, 0.3) is 16.6 Å². The summed E-state index contributed by atoms with van der Waals surface area (Å²) in [6.45, 7) is 1.70. The van der Waals surface area contributed by atoms with Crippen molar-refractivity contribution in [2.75, 3.05) is 25.5 Å². The summed E-state index contributed by atoms with van der Waals surface area (Å²) in [6.07, 6.45) is 6.29. The molecule has 0 spiro atoms. The van der Waals surface area contributed by atoms with Gasteiger partial charge in [-0.25, -0.2) is 9.38 Å². The summed E-state index contributed by atoms with van der Waals surface area (Å²) in [5.41, 5.74) is 1.87. The zero-order chi connectivity index (χ0) is 16.4. The molecule has 1 saturated carbocycles. The third kappa shape index (κ3) is 2.71. The molecule has 126 valence electrons. The lowest BCUT2D eigenvalue weighted by Crippen LogP contribution is -2.20. The van der Waals surface area contributed by atoms with Gasteiger partial charge >= 0.3 is 0 Å². The minimum absolute atomic E-state index is 0.488. The van der Waals surface area contributed by atoms with Gasteiger partial charge in [0.25, 0.3) is 0 Å². The van der Waals surface area contributed by atoms with Crippen LogP contribution in [0.4, 0.5) is 5.95 Å². The van der Waals surface area contributed by atoms with Crippen molar-refractivity contribution in [2.24, 2.45) is 0 Å². The molecule has 6 nitrogen and oxygen atoms in total. The first-order valence-corrected chi connectivity index (χ1v) is 8.90. The molecule has 0 radical (unpaired) electrons. The Labute approximate surface area is 141 Å². The van der Waals surface area contributed by atoms with Crippen molar-refractivity contribution in [3.8, 4) is 0 Å². The average molecular weight is 324 g/mol. The van der Waals surface area contributed by atoms with Crippen LogP contribution >= 0.6 is 0 Å². The van der Waals surface area contributed by atoms with Gasteiger partial charge in [-0.15, -0.1) is 10.2 Å². The van der Waals surface area contributed by atoms with Crippen LogP contribution in [0.3, 0.4) is 0 Å². The quantitative estimate of drug-likeness (QED) is 0.706. The number of aromatic nitrogens is 4. The third-order valence-corrected chi connectivity index (χ3v) is 4.90. The molecule has 6 heteroatoms. The molecule has 4 rings (SSSR count). The fourth-order valence-corrected chi connectivity index (χ4v) is 3.65. The number of benzene rings is 1. The standard InChI is InChI=1S/C18H24N6/c1-19-11-12-20-18-21-15-10-6-5-9-14(15)17-23-22-16(24(17)18)13-7-3-2-4-8-13/h5-6,9-10,13,19H,2-4,7-8,11-12H2,1H3,(H,20,21). The molecular formula is C18H24N6. The number of rotatable bonds is 5. The summed E-state index contributed by atoms with van der Waals surface area (Å²) in [6, 6.07) is 8.16. The Hall–Kier alpha value is -2.21. The Bertz CT molecular complexity index is 834. The maximum absolute atomic E-state index is 4.85. The second-order valence-electron chi connectivity index (χ2n) is 6.54. The summed E-state index contributed by atoms with van der Waals surface area (Å²) >= 11 is 0. The van der Waals surface area contributed by atoms with Crippen molar-refractivity contribution < 1.29 is 0 Å². The largest absolute Gasteiger partial charge is 0.354 e. The summed E-state index contributed by atoms with van der Waals surface area (Å²) < 4.78 is 2.15. The van der Waals surface area contributed by atoms with Crippen LogP contribution in [-0.4, -0.2) is 39.7 Å². The number of anilines is 1. The number of para-hydroxylation sites is 1. The van der Waals surface area contributed by atoms with Crippen LogP contribution < -0.4 is 10.6 Å². The second-order valence-corrected chi connectivity index (χ2v) is 6.54. The highest BCUT2D eigenvalue weighted by Crippen LogP contribution is 2.33. The monoisotopic (exact) mass is 324 g/mol. The van der Waals surface area contributed by atoms with E-state index >= 15 is 0 Å². The molecule has 2 heterocycles. The van der Waals surface area contributed by atoms with Gasteiger partial charge in [0.2, 0.25) is 5.95 Å². The van der Waals surface area contributed by atoms with E-state index in [1.165, 1.54) is 32.1 Å². The van der Waals surface area contributed by atoms with Crippen LogP contribution in [0.5, 0.6) is 0 Å². The van der Waals surface area contributed by atoms with Crippen LogP contribution in [-0.2, 0) is 0 Å². The topological polar surface area (TPSA) is 67.1 Å². The minimum Gasteiger partial charge on any atom is -0.354 e. The van der Waals surface area contributed by atoms with E-state index < -0.39 is 0 Å². The zero-order valence-electron chi connectivity index (χ0n) is 14.1. The van der Waals surface area contributed by atoms with Gasteiger partial charge in [-0.1, -0.05) is 31.4 Å². The van der Waals surface area contributed by atoms with Crippen molar-refractivity contribution >= 4 is 22.5 Å². The Morgan fingerprint density at radius 3 is 2.75 bits per heavy atom. The highest BCUT2D eigenvalue weighted by Gasteiger charge is 2.23. The van der Waals surface area contributed by atoms with Crippen molar-refractivity contribution in [2.45, 2.75) is 38.0 Å². The number of nitrogens with one attached hydrogen (secondary N) is 2. The van der Waals surface area contributed by atoms with Gasteiger partial charge in [0.05, 0.1) is 5.52 Å². The van der Waals surface area contributed by atoms with E-state index in [0.29, 0.717) is 5.92 Å². The highest BCUT2D eigenvalue weighted by molar-refractivity contribution is 5.92. The molecule has 1 aliphatic rings. The average Bonchev–Trinajstić information content (AvgIpc) is 3.08. The van der Waals surface area contributed by atoms with Gasteiger partial charge < -0.3 is 10.6 Å². The van der Waals surface area contributed by atoms with E-state index in [4.69, 9.17) is 4.98 Å². The number of hydrogen-bond donors (Lipinski definition) is 2. The van der Waals surface area contributed by atoms with Crippen molar-refractivity contribution in [1.29, 1.82) is 0 Å².